The van der Waals surface area contributed by atoms with Gasteiger partial charge in [-0.05, 0) is 36.1 Å². The second-order valence-corrected chi connectivity index (χ2v) is 6.48. The molecule has 96 valence electrons. The Balaban J connectivity index is 1.90. The van der Waals surface area contributed by atoms with Crippen LogP contribution in [0.1, 0.15) is 44.4 Å². The summed E-state index contributed by atoms with van der Waals surface area (Å²) in [5, 5.41) is 5.80. The molecule has 1 fully saturated rings. The average Bonchev–Trinajstić information content (AvgIpc) is 2.72. The van der Waals surface area contributed by atoms with Crippen molar-refractivity contribution in [1.82, 2.24) is 5.32 Å². The molecule has 0 aromatic carbocycles. The van der Waals surface area contributed by atoms with Crippen LogP contribution in [0.25, 0.3) is 0 Å². The van der Waals surface area contributed by atoms with Crippen LogP contribution < -0.4 is 11.1 Å². The van der Waals surface area contributed by atoms with Crippen LogP contribution in [0, 0.1) is 11.8 Å². The topological polar surface area (TPSA) is 38.0 Å². The smallest absolute Gasteiger partial charge is 0.0468 e. The van der Waals surface area contributed by atoms with Gasteiger partial charge in [0.2, 0.25) is 0 Å². The van der Waals surface area contributed by atoms with Gasteiger partial charge in [-0.3, -0.25) is 0 Å². The van der Waals surface area contributed by atoms with Crippen LogP contribution in [0.3, 0.4) is 0 Å². The zero-order chi connectivity index (χ0) is 12.3. The zero-order valence-electron chi connectivity index (χ0n) is 10.9. The van der Waals surface area contributed by atoms with E-state index in [9.17, 15) is 0 Å². The molecule has 2 rings (SSSR count). The van der Waals surface area contributed by atoms with Gasteiger partial charge in [0.15, 0.2) is 0 Å². The number of hydrogen-bond donors (Lipinski definition) is 2. The molecule has 0 saturated heterocycles. The van der Waals surface area contributed by atoms with Crippen LogP contribution in [0.4, 0.5) is 5.69 Å². The summed E-state index contributed by atoms with van der Waals surface area (Å²) < 4.78 is 0. The molecule has 0 spiro atoms. The lowest BCUT2D eigenvalue weighted by molar-refractivity contribution is 0.205. The summed E-state index contributed by atoms with van der Waals surface area (Å²) in [7, 11) is 0. The van der Waals surface area contributed by atoms with Gasteiger partial charge in [-0.15, -0.1) is 11.3 Å². The standard InChI is InChI=1S/C14H24N2S/c1-10(2)11-5-3-4-6-13(11)16-9-14-12(15)7-8-17-14/h7-8,10-11,13,16H,3-6,9,15H2,1-2H3. The quantitative estimate of drug-likeness (QED) is 0.858. The minimum Gasteiger partial charge on any atom is -0.398 e. The maximum atomic E-state index is 5.92. The van der Waals surface area contributed by atoms with Crippen molar-refractivity contribution in [2.24, 2.45) is 11.8 Å². The second-order valence-electron chi connectivity index (χ2n) is 5.48. The fraction of sp³-hybridized carbons (Fsp3) is 0.714. The van der Waals surface area contributed by atoms with Gasteiger partial charge in [0.25, 0.3) is 0 Å². The zero-order valence-corrected chi connectivity index (χ0v) is 11.7. The summed E-state index contributed by atoms with van der Waals surface area (Å²) in [6.07, 6.45) is 5.49. The average molecular weight is 252 g/mol. The van der Waals surface area contributed by atoms with Crippen molar-refractivity contribution in [2.45, 2.75) is 52.1 Å². The van der Waals surface area contributed by atoms with E-state index in [0.717, 1.165) is 24.1 Å². The van der Waals surface area contributed by atoms with Crippen LogP contribution in [0.15, 0.2) is 11.4 Å². The van der Waals surface area contributed by atoms with Crippen molar-refractivity contribution >= 4 is 17.0 Å². The molecule has 3 N–H and O–H groups in total. The fourth-order valence-corrected chi connectivity index (χ4v) is 3.68. The molecule has 1 heterocycles. The van der Waals surface area contributed by atoms with Crippen molar-refractivity contribution in [3.8, 4) is 0 Å². The highest BCUT2D eigenvalue weighted by Gasteiger charge is 2.27. The molecule has 2 unspecified atom stereocenters. The lowest BCUT2D eigenvalue weighted by Crippen LogP contribution is -2.40. The van der Waals surface area contributed by atoms with E-state index in [1.165, 1.54) is 30.6 Å². The maximum Gasteiger partial charge on any atom is 0.0468 e. The van der Waals surface area contributed by atoms with E-state index in [2.05, 4.69) is 24.5 Å². The molecule has 0 aliphatic heterocycles. The maximum absolute atomic E-state index is 5.92. The minimum absolute atomic E-state index is 0.685. The summed E-state index contributed by atoms with van der Waals surface area (Å²) in [6, 6.07) is 2.69. The van der Waals surface area contributed by atoms with Crippen LogP contribution in [0.5, 0.6) is 0 Å². The van der Waals surface area contributed by atoms with Crippen molar-refractivity contribution in [3.05, 3.63) is 16.3 Å². The van der Waals surface area contributed by atoms with Crippen molar-refractivity contribution < 1.29 is 0 Å². The van der Waals surface area contributed by atoms with Crippen molar-refractivity contribution in [2.75, 3.05) is 5.73 Å². The summed E-state index contributed by atoms with van der Waals surface area (Å²) in [5.74, 6) is 1.62. The monoisotopic (exact) mass is 252 g/mol. The Bertz CT molecular complexity index is 346. The van der Waals surface area contributed by atoms with Crippen LogP contribution in [-0.2, 0) is 6.54 Å². The molecule has 0 bridgehead atoms. The van der Waals surface area contributed by atoms with Crippen molar-refractivity contribution in [1.29, 1.82) is 0 Å². The Hall–Kier alpha value is -0.540. The van der Waals surface area contributed by atoms with Crippen molar-refractivity contribution in [3.63, 3.8) is 0 Å². The molecular weight excluding hydrogens is 228 g/mol. The SMILES string of the molecule is CC(C)C1CCCCC1NCc1sccc1N. The summed E-state index contributed by atoms with van der Waals surface area (Å²) in [6.45, 7) is 5.64. The Morgan fingerprint density at radius 3 is 2.82 bits per heavy atom. The third-order valence-electron chi connectivity index (χ3n) is 3.98. The van der Waals surface area contributed by atoms with E-state index in [1.807, 2.05) is 6.07 Å². The van der Waals surface area contributed by atoms with Crippen LogP contribution in [-0.4, -0.2) is 6.04 Å². The molecule has 1 aromatic rings. The number of thiophene rings is 1. The van der Waals surface area contributed by atoms with Gasteiger partial charge in [0, 0.05) is 23.2 Å². The fourth-order valence-electron chi connectivity index (χ4n) is 2.93. The van der Waals surface area contributed by atoms with Gasteiger partial charge >= 0.3 is 0 Å². The third kappa shape index (κ3) is 3.23. The van der Waals surface area contributed by atoms with Gasteiger partial charge in [-0.1, -0.05) is 26.7 Å². The summed E-state index contributed by atoms with van der Waals surface area (Å²) in [5.41, 5.74) is 6.86. The van der Waals surface area contributed by atoms with Crippen LogP contribution in [0.2, 0.25) is 0 Å². The number of rotatable bonds is 4. The van der Waals surface area contributed by atoms with Crippen LogP contribution >= 0.6 is 11.3 Å². The van der Waals surface area contributed by atoms with E-state index >= 15 is 0 Å². The molecule has 3 heteroatoms. The number of nitrogens with two attached hydrogens (primary N) is 1. The normalized spacial score (nSPS) is 25.4. The molecule has 2 atom stereocenters. The second kappa shape index (κ2) is 5.87. The first kappa shape index (κ1) is 12.9. The van der Waals surface area contributed by atoms with Gasteiger partial charge in [-0.25, -0.2) is 0 Å². The molecule has 1 aliphatic carbocycles. The molecule has 0 amide bonds. The Labute approximate surface area is 109 Å². The third-order valence-corrected chi connectivity index (χ3v) is 4.92. The molecule has 0 radical (unpaired) electrons. The van der Waals surface area contributed by atoms with Gasteiger partial charge in [-0.2, -0.15) is 0 Å². The lowest BCUT2D eigenvalue weighted by Gasteiger charge is -2.35. The molecule has 1 saturated carbocycles. The Morgan fingerprint density at radius 1 is 1.41 bits per heavy atom. The molecule has 17 heavy (non-hydrogen) atoms. The molecular formula is C14H24N2S. The van der Waals surface area contributed by atoms with Gasteiger partial charge in [0.05, 0.1) is 0 Å². The van der Waals surface area contributed by atoms with E-state index in [4.69, 9.17) is 5.73 Å². The predicted molar refractivity (Wildman–Crippen MR) is 76.2 cm³/mol. The lowest BCUT2D eigenvalue weighted by atomic mass is 9.78. The largest absolute Gasteiger partial charge is 0.398 e. The Kier molecular flexibility index (Phi) is 4.46. The highest BCUT2D eigenvalue weighted by atomic mass is 32.1. The first-order chi connectivity index (χ1) is 8.18. The molecule has 1 aromatic heterocycles. The van der Waals surface area contributed by atoms with Gasteiger partial charge in [0.1, 0.15) is 0 Å². The van der Waals surface area contributed by atoms with Gasteiger partial charge < -0.3 is 11.1 Å². The highest BCUT2D eigenvalue weighted by Crippen LogP contribution is 2.30. The number of nitrogens with one attached hydrogen (secondary N) is 1. The molecule has 1 aliphatic rings. The molecule has 2 nitrogen and oxygen atoms in total. The van der Waals surface area contributed by atoms with E-state index in [1.54, 1.807) is 11.3 Å². The van der Waals surface area contributed by atoms with E-state index < -0.39 is 0 Å². The first-order valence-corrected chi connectivity index (χ1v) is 7.61. The minimum atomic E-state index is 0.685. The van der Waals surface area contributed by atoms with E-state index in [0.29, 0.717) is 6.04 Å². The predicted octanol–water partition coefficient (Wildman–Crippen LogP) is 3.63. The summed E-state index contributed by atoms with van der Waals surface area (Å²) >= 11 is 1.76. The highest BCUT2D eigenvalue weighted by molar-refractivity contribution is 7.10. The number of nitrogen functional groups attached to an aromatic ring is 1. The number of hydrogen-bond acceptors (Lipinski definition) is 3. The Morgan fingerprint density at radius 2 is 2.18 bits per heavy atom. The summed E-state index contributed by atoms with van der Waals surface area (Å²) in [4.78, 5) is 1.29. The first-order valence-electron chi connectivity index (χ1n) is 6.73. The van der Waals surface area contributed by atoms with E-state index in [-0.39, 0.29) is 0 Å². The number of anilines is 1.